The highest BCUT2D eigenvalue weighted by Gasteiger charge is 2.48. The Morgan fingerprint density at radius 3 is 2.50 bits per heavy atom. The molecular weight excluding hydrogens is 306 g/mol. The van der Waals surface area contributed by atoms with Crippen molar-refractivity contribution < 1.29 is 5.11 Å². The molecule has 1 fully saturated rings. The fraction of sp³-hybridized carbons (Fsp3) is 0.444. The Kier molecular flexibility index (Phi) is 4.43. The molecule has 6 nitrogen and oxygen atoms in total. The molecule has 1 saturated carbocycles. The van der Waals surface area contributed by atoms with E-state index in [0.717, 1.165) is 23.0 Å². The van der Waals surface area contributed by atoms with Crippen LogP contribution in [0.3, 0.4) is 0 Å². The largest absolute Gasteiger partial charge is 0.388 e. The summed E-state index contributed by atoms with van der Waals surface area (Å²) >= 11 is 0. The molecule has 1 aliphatic rings. The summed E-state index contributed by atoms with van der Waals surface area (Å²) in [6, 6.07) is 9.66. The smallest absolute Gasteiger partial charge is 0.330 e. The van der Waals surface area contributed by atoms with Crippen LogP contribution in [0.2, 0.25) is 0 Å². The van der Waals surface area contributed by atoms with Gasteiger partial charge in [-0.2, -0.15) is 0 Å². The Balaban J connectivity index is 1.67. The predicted molar refractivity (Wildman–Crippen MR) is 91.7 cm³/mol. The summed E-state index contributed by atoms with van der Waals surface area (Å²) < 4.78 is 2.52. The number of aliphatic hydroxyl groups is 1. The number of aliphatic hydroxyl groups excluding tert-OH is 1. The van der Waals surface area contributed by atoms with E-state index < -0.39 is 6.10 Å². The summed E-state index contributed by atoms with van der Waals surface area (Å²) in [5, 5.41) is 13.9. The number of rotatable bonds is 6. The number of benzene rings is 1. The molecule has 1 unspecified atom stereocenters. The molecule has 3 rings (SSSR count). The molecule has 1 aliphatic carbocycles. The minimum absolute atomic E-state index is 0.159. The molecule has 1 heterocycles. The summed E-state index contributed by atoms with van der Waals surface area (Å²) in [6.07, 6.45) is 2.99. The highest BCUT2D eigenvalue weighted by atomic mass is 16.3. The Morgan fingerprint density at radius 1 is 1.21 bits per heavy atom. The maximum absolute atomic E-state index is 12.1. The molecule has 2 N–H and O–H groups in total. The third-order valence-electron chi connectivity index (χ3n) is 4.90. The van der Waals surface area contributed by atoms with Gasteiger partial charge in [-0.15, -0.1) is 0 Å². The average Bonchev–Trinajstić information content (AvgIpc) is 3.38. The van der Waals surface area contributed by atoms with E-state index in [0.29, 0.717) is 18.7 Å². The fourth-order valence-corrected chi connectivity index (χ4v) is 3.15. The van der Waals surface area contributed by atoms with Gasteiger partial charge in [0.2, 0.25) is 0 Å². The quantitative estimate of drug-likeness (QED) is 0.817. The van der Waals surface area contributed by atoms with Crippen molar-refractivity contribution in [3.8, 4) is 0 Å². The summed E-state index contributed by atoms with van der Waals surface area (Å²) in [6.45, 7) is 1.01. The van der Waals surface area contributed by atoms with Gasteiger partial charge in [0.15, 0.2) is 0 Å². The Labute approximate surface area is 140 Å². The van der Waals surface area contributed by atoms with Crippen LogP contribution in [-0.4, -0.2) is 20.8 Å². The third kappa shape index (κ3) is 3.07. The number of hydrogen-bond acceptors (Lipinski definition) is 4. The summed E-state index contributed by atoms with van der Waals surface area (Å²) in [5.41, 5.74) is 0.702. The first-order valence-corrected chi connectivity index (χ1v) is 8.14. The van der Waals surface area contributed by atoms with Crippen molar-refractivity contribution in [2.24, 2.45) is 19.5 Å². The van der Waals surface area contributed by atoms with Crippen LogP contribution in [0.25, 0.3) is 0 Å². The lowest BCUT2D eigenvalue weighted by molar-refractivity contribution is 0.0917. The van der Waals surface area contributed by atoms with Gasteiger partial charge in [0.05, 0.1) is 6.10 Å². The van der Waals surface area contributed by atoms with Gasteiger partial charge in [-0.05, 0) is 18.4 Å². The molecule has 24 heavy (non-hydrogen) atoms. The van der Waals surface area contributed by atoms with E-state index in [1.165, 1.54) is 11.6 Å². The molecule has 1 atom stereocenters. The fourth-order valence-electron chi connectivity index (χ4n) is 3.15. The van der Waals surface area contributed by atoms with Gasteiger partial charge >= 0.3 is 5.69 Å². The molecule has 0 amide bonds. The molecular formula is C18H23N3O3. The summed E-state index contributed by atoms with van der Waals surface area (Å²) in [5.74, 6) is 0. The molecule has 0 aliphatic heterocycles. The van der Waals surface area contributed by atoms with Gasteiger partial charge in [-0.3, -0.25) is 9.36 Å². The van der Waals surface area contributed by atoms with Crippen molar-refractivity contribution in [1.29, 1.82) is 0 Å². The van der Waals surface area contributed by atoms with E-state index in [-0.39, 0.29) is 16.7 Å². The van der Waals surface area contributed by atoms with E-state index in [4.69, 9.17) is 0 Å². The van der Waals surface area contributed by atoms with Crippen molar-refractivity contribution in [1.82, 2.24) is 14.5 Å². The summed E-state index contributed by atoms with van der Waals surface area (Å²) in [4.78, 5) is 23.8. The number of aryl methyl sites for hydroxylation is 1. The SMILES string of the molecule is Cn1cc(CNCC2(C(O)c3ccccc3)CC2)c(=O)n(C)c1=O. The van der Waals surface area contributed by atoms with Crippen LogP contribution in [0.4, 0.5) is 0 Å². The van der Waals surface area contributed by atoms with Gasteiger partial charge in [0, 0.05) is 44.4 Å². The van der Waals surface area contributed by atoms with Gasteiger partial charge < -0.3 is 15.0 Å². The van der Waals surface area contributed by atoms with Crippen LogP contribution in [0.5, 0.6) is 0 Å². The lowest BCUT2D eigenvalue weighted by Crippen LogP contribution is -2.40. The standard InChI is InChI=1S/C18H23N3O3/c1-20-11-14(16(23)21(2)17(20)24)10-19-12-18(8-9-18)15(22)13-6-4-3-5-7-13/h3-7,11,15,19,22H,8-10,12H2,1-2H3. The van der Waals surface area contributed by atoms with Crippen molar-refractivity contribution in [3.05, 3.63) is 68.5 Å². The normalized spacial score (nSPS) is 16.8. The molecule has 1 aromatic heterocycles. The van der Waals surface area contributed by atoms with Gasteiger partial charge in [-0.1, -0.05) is 30.3 Å². The van der Waals surface area contributed by atoms with Crippen LogP contribution in [0.1, 0.15) is 30.1 Å². The topological polar surface area (TPSA) is 76.3 Å². The van der Waals surface area contributed by atoms with E-state index in [1.54, 1.807) is 13.2 Å². The van der Waals surface area contributed by atoms with E-state index in [9.17, 15) is 14.7 Å². The van der Waals surface area contributed by atoms with Crippen molar-refractivity contribution in [3.63, 3.8) is 0 Å². The number of aromatic nitrogens is 2. The first-order chi connectivity index (χ1) is 11.4. The van der Waals surface area contributed by atoms with Gasteiger partial charge in [0.25, 0.3) is 5.56 Å². The molecule has 128 valence electrons. The number of hydrogen-bond donors (Lipinski definition) is 2. The lowest BCUT2D eigenvalue weighted by Gasteiger charge is -2.23. The minimum Gasteiger partial charge on any atom is -0.388 e. The highest BCUT2D eigenvalue weighted by molar-refractivity contribution is 5.22. The zero-order valence-corrected chi connectivity index (χ0v) is 14.0. The van der Waals surface area contributed by atoms with Crippen LogP contribution in [0.15, 0.2) is 46.1 Å². The van der Waals surface area contributed by atoms with Gasteiger partial charge in [0.1, 0.15) is 0 Å². The number of nitrogens with zero attached hydrogens (tertiary/aromatic N) is 2. The van der Waals surface area contributed by atoms with Crippen LogP contribution < -0.4 is 16.6 Å². The molecule has 1 aromatic carbocycles. The third-order valence-corrected chi connectivity index (χ3v) is 4.90. The average molecular weight is 329 g/mol. The maximum atomic E-state index is 12.1. The molecule has 0 radical (unpaired) electrons. The van der Waals surface area contributed by atoms with Gasteiger partial charge in [-0.25, -0.2) is 4.79 Å². The highest BCUT2D eigenvalue weighted by Crippen LogP contribution is 2.54. The molecule has 2 aromatic rings. The Hall–Kier alpha value is -2.18. The molecule has 0 saturated heterocycles. The van der Waals surface area contributed by atoms with E-state index >= 15 is 0 Å². The maximum Gasteiger partial charge on any atom is 0.330 e. The first kappa shape index (κ1) is 16.7. The van der Waals surface area contributed by atoms with Crippen LogP contribution >= 0.6 is 0 Å². The van der Waals surface area contributed by atoms with Crippen LogP contribution in [-0.2, 0) is 20.6 Å². The lowest BCUT2D eigenvalue weighted by atomic mass is 9.92. The molecule has 6 heteroatoms. The monoisotopic (exact) mass is 329 g/mol. The Morgan fingerprint density at radius 2 is 1.88 bits per heavy atom. The van der Waals surface area contributed by atoms with Crippen molar-refractivity contribution in [2.45, 2.75) is 25.5 Å². The Bertz CT molecular complexity index is 835. The molecule has 0 spiro atoms. The first-order valence-electron chi connectivity index (χ1n) is 8.14. The summed E-state index contributed by atoms with van der Waals surface area (Å²) in [7, 11) is 3.11. The number of nitrogens with one attached hydrogen (secondary N) is 1. The van der Waals surface area contributed by atoms with Crippen LogP contribution in [0, 0.1) is 5.41 Å². The van der Waals surface area contributed by atoms with E-state index in [2.05, 4.69) is 5.32 Å². The predicted octanol–water partition coefficient (Wildman–Crippen LogP) is 0.687. The molecule has 0 bridgehead atoms. The second-order valence-corrected chi connectivity index (χ2v) is 6.69. The van der Waals surface area contributed by atoms with Crippen molar-refractivity contribution >= 4 is 0 Å². The zero-order chi connectivity index (χ0) is 17.3. The second-order valence-electron chi connectivity index (χ2n) is 6.69. The minimum atomic E-state index is -0.505. The second kappa shape index (κ2) is 6.37. The van der Waals surface area contributed by atoms with E-state index in [1.807, 2.05) is 30.3 Å². The zero-order valence-electron chi connectivity index (χ0n) is 14.0. The van der Waals surface area contributed by atoms with Crippen molar-refractivity contribution in [2.75, 3.05) is 6.54 Å².